The van der Waals surface area contributed by atoms with Crippen LogP contribution < -0.4 is 22.3 Å². The fourth-order valence-electron chi connectivity index (χ4n) is 4.92. The van der Waals surface area contributed by atoms with E-state index in [-0.39, 0.29) is 54.9 Å². The van der Waals surface area contributed by atoms with Gasteiger partial charge in [0.25, 0.3) is 11.5 Å². The van der Waals surface area contributed by atoms with Crippen molar-refractivity contribution in [2.24, 2.45) is 0 Å². The highest BCUT2D eigenvalue weighted by Crippen LogP contribution is 2.39. The highest BCUT2D eigenvalue weighted by atomic mass is 16.8. The van der Waals surface area contributed by atoms with Gasteiger partial charge in [0.2, 0.25) is 5.95 Å². The molecule has 224 valence electrons. The zero-order chi connectivity index (χ0) is 30.0. The number of allylic oxidation sites excluding steroid dienone is 1. The van der Waals surface area contributed by atoms with E-state index in [2.05, 4.69) is 21.9 Å². The van der Waals surface area contributed by atoms with Crippen LogP contribution in [-0.2, 0) is 30.2 Å². The number of aromatic amines is 1. The third-order valence-corrected chi connectivity index (χ3v) is 6.80. The first kappa shape index (κ1) is 29.2. The molecule has 0 bridgehead atoms. The Balaban J connectivity index is 1.21. The van der Waals surface area contributed by atoms with Gasteiger partial charge in [-0.15, -0.1) is 6.58 Å². The minimum Gasteiger partial charge on any atom is -0.460 e. The van der Waals surface area contributed by atoms with Crippen LogP contribution in [-0.4, -0.2) is 94.2 Å². The van der Waals surface area contributed by atoms with Gasteiger partial charge < -0.3 is 39.8 Å². The number of rotatable bonds is 11. The van der Waals surface area contributed by atoms with Gasteiger partial charge in [0, 0.05) is 19.2 Å². The van der Waals surface area contributed by atoms with Crippen LogP contribution in [0.4, 0.5) is 5.95 Å². The molecule has 0 radical (unpaired) electrons. The number of imidazole rings is 1. The maximum Gasteiger partial charge on any atom is 0.338 e. The summed E-state index contributed by atoms with van der Waals surface area (Å²) in [5.74, 6) is -1.04. The van der Waals surface area contributed by atoms with E-state index in [1.54, 1.807) is 0 Å². The van der Waals surface area contributed by atoms with Crippen LogP contribution >= 0.6 is 0 Å². The third kappa shape index (κ3) is 5.45. The number of aromatic nitrogens is 4. The van der Waals surface area contributed by atoms with Gasteiger partial charge in [0.15, 0.2) is 23.7 Å². The molecule has 0 spiro atoms. The van der Waals surface area contributed by atoms with Crippen LogP contribution in [0.3, 0.4) is 0 Å². The monoisotopic (exact) mass is 586 g/mol. The number of aliphatic hydroxyl groups is 1. The predicted octanol–water partition coefficient (Wildman–Crippen LogP) is -1.11. The summed E-state index contributed by atoms with van der Waals surface area (Å²) in [6.45, 7) is 3.17. The molecule has 1 amide bonds. The van der Waals surface area contributed by atoms with E-state index in [1.807, 2.05) is 0 Å². The molecule has 3 aromatic rings. The van der Waals surface area contributed by atoms with E-state index in [9.17, 15) is 24.3 Å². The number of hydrogen-bond acceptors (Lipinski definition) is 12. The van der Waals surface area contributed by atoms with Crippen LogP contribution in [0.2, 0.25) is 0 Å². The van der Waals surface area contributed by atoms with Crippen LogP contribution in [0.15, 0.2) is 46.5 Å². The van der Waals surface area contributed by atoms with Crippen molar-refractivity contribution in [2.45, 2.75) is 37.4 Å². The summed E-state index contributed by atoms with van der Waals surface area (Å²) in [5, 5.41) is 12.4. The Morgan fingerprint density at radius 1 is 1.17 bits per heavy atom. The lowest BCUT2D eigenvalue weighted by Crippen LogP contribution is -2.34. The summed E-state index contributed by atoms with van der Waals surface area (Å²) >= 11 is 0. The van der Waals surface area contributed by atoms with Crippen LogP contribution in [0, 0.1) is 0 Å². The molecule has 0 aliphatic carbocycles. The summed E-state index contributed by atoms with van der Waals surface area (Å²) in [7, 11) is 1.51. The molecule has 5 rings (SSSR count). The highest BCUT2D eigenvalue weighted by molar-refractivity contribution is 5.96. The Hall–Kier alpha value is -4.35. The number of aliphatic hydroxyl groups excluding tert-OH is 1. The van der Waals surface area contributed by atoms with E-state index in [0.29, 0.717) is 5.56 Å². The van der Waals surface area contributed by atoms with Gasteiger partial charge in [-0.2, -0.15) is 4.98 Å². The van der Waals surface area contributed by atoms with Gasteiger partial charge in [-0.05, 0) is 24.3 Å². The maximum absolute atomic E-state index is 13.4. The lowest BCUT2D eigenvalue weighted by molar-refractivity contribution is -0.171. The van der Waals surface area contributed by atoms with Gasteiger partial charge >= 0.3 is 11.7 Å². The number of fused-ring (bicyclic) bond motifs is 2. The van der Waals surface area contributed by atoms with Crippen LogP contribution in [0.5, 0.6) is 0 Å². The molecule has 2 aliphatic heterocycles. The molecule has 2 saturated heterocycles. The molecule has 1 unspecified atom stereocenters. The Kier molecular flexibility index (Phi) is 8.51. The number of nitrogen functional groups attached to an aromatic ring is 1. The molecule has 2 fully saturated rings. The first-order valence-electron chi connectivity index (χ1n) is 13.0. The number of amides is 1. The zero-order valence-electron chi connectivity index (χ0n) is 22.6. The number of hydrogen-bond donors (Lipinski definition) is 4. The number of carbonyl (C=O) groups excluding carboxylic acids is 2. The fraction of sp³-hybridized carbons (Fsp3) is 0.423. The predicted molar refractivity (Wildman–Crippen MR) is 145 cm³/mol. The summed E-state index contributed by atoms with van der Waals surface area (Å²) in [5.41, 5.74) is 5.19. The standard InChI is InChI=1S/C26H30N6O10/c1-3-8-31-17-20(29-25(27)30-22(17)35)32(26(31)37)23-19-18(15(11-33)40-23)41-16(42-19)12-38-9-10-39-24(36)14-6-4-13(5-7-14)21(34)28-2/h3-7,15-16,18-19,23,33H,1,8-12H2,2H3,(H,28,34)(H3,27,29,30,35)/t15-,16?,18-,19-,23-/m1/s1. The Morgan fingerprint density at radius 3 is 2.57 bits per heavy atom. The SMILES string of the molecule is C=CCn1c(=O)n([C@@H]2O[C@H](CO)[C@H]3OC(COCCOC(=O)c4ccc(C(=O)NC)cc4)O[C@H]32)c2nc(N)[nH]c(=O)c21. The molecule has 4 heterocycles. The van der Waals surface area contributed by atoms with Crippen molar-refractivity contribution in [2.75, 3.05) is 39.2 Å². The number of ether oxygens (including phenoxy) is 5. The number of H-pyrrole nitrogens is 1. The second-order valence-corrected chi connectivity index (χ2v) is 9.42. The number of nitrogens with two attached hydrogens (primary N) is 1. The lowest BCUT2D eigenvalue weighted by atomic mass is 10.1. The lowest BCUT2D eigenvalue weighted by Gasteiger charge is -2.20. The van der Waals surface area contributed by atoms with Crippen LogP contribution in [0.25, 0.3) is 11.2 Å². The molecular weight excluding hydrogens is 556 g/mol. The molecular formula is C26H30N6O10. The second kappa shape index (κ2) is 12.3. The van der Waals surface area contributed by atoms with E-state index in [4.69, 9.17) is 29.4 Å². The molecule has 16 heteroatoms. The van der Waals surface area contributed by atoms with Gasteiger partial charge in [0.05, 0.1) is 25.4 Å². The highest BCUT2D eigenvalue weighted by Gasteiger charge is 2.54. The van der Waals surface area contributed by atoms with Gasteiger partial charge in [0.1, 0.15) is 24.9 Å². The summed E-state index contributed by atoms with van der Waals surface area (Å²) in [4.78, 5) is 56.4. The Morgan fingerprint density at radius 2 is 1.88 bits per heavy atom. The van der Waals surface area contributed by atoms with E-state index in [0.717, 1.165) is 4.57 Å². The van der Waals surface area contributed by atoms with Crippen molar-refractivity contribution in [3.05, 3.63) is 68.9 Å². The number of carbonyl (C=O) groups is 2. The number of nitrogens with zero attached hydrogens (tertiary/aromatic N) is 3. The van der Waals surface area contributed by atoms with E-state index in [1.165, 1.54) is 42.0 Å². The van der Waals surface area contributed by atoms with Crippen molar-refractivity contribution in [3.63, 3.8) is 0 Å². The second-order valence-electron chi connectivity index (χ2n) is 9.42. The molecule has 42 heavy (non-hydrogen) atoms. The first-order valence-corrected chi connectivity index (χ1v) is 13.0. The van der Waals surface area contributed by atoms with Gasteiger partial charge in [-0.25, -0.2) is 14.2 Å². The van der Waals surface area contributed by atoms with Gasteiger partial charge in [-0.1, -0.05) is 6.08 Å². The van der Waals surface area contributed by atoms with Crippen molar-refractivity contribution in [3.8, 4) is 0 Å². The number of anilines is 1. The molecule has 0 saturated carbocycles. The van der Waals surface area contributed by atoms with E-state index >= 15 is 0 Å². The number of nitrogens with one attached hydrogen (secondary N) is 2. The average Bonchev–Trinajstić information content (AvgIpc) is 3.62. The van der Waals surface area contributed by atoms with Crippen molar-refractivity contribution < 1.29 is 38.4 Å². The molecule has 1 aromatic carbocycles. The fourth-order valence-corrected chi connectivity index (χ4v) is 4.92. The smallest absolute Gasteiger partial charge is 0.338 e. The van der Waals surface area contributed by atoms with Crippen molar-refractivity contribution in [1.82, 2.24) is 24.4 Å². The quantitative estimate of drug-likeness (QED) is 0.120. The average molecular weight is 587 g/mol. The largest absolute Gasteiger partial charge is 0.460 e. The number of benzene rings is 1. The minimum absolute atomic E-state index is 0.0150. The molecule has 5 atom stereocenters. The van der Waals surface area contributed by atoms with Crippen molar-refractivity contribution >= 4 is 29.0 Å². The molecule has 2 aliphatic rings. The molecule has 2 aromatic heterocycles. The molecule has 16 nitrogen and oxygen atoms in total. The molecule has 5 N–H and O–H groups in total. The normalized spacial score (nSPS) is 23.1. The summed E-state index contributed by atoms with van der Waals surface area (Å²) < 4.78 is 30.9. The summed E-state index contributed by atoms with van der Waals surface area (Å²) in [6.07, 6.45) is -2.97. The Labute approximate surface area is 237 Å². The maximum atomic E-state index is 13.4. The van der Waals surface area contributed by atoms with E-state index < -0.39 is 54.7 Å². The zero-order valence-corrected chi connectivity index (χ0v) is 22.6. The summed E-state index contributed by atoms with van der Waals surface area (Å²) in [6, 6.07) is 6.01. The van der Waals surface area contributed by atoms with Crippen LogP contribution in [0.1, 0.15) is 26.9 Å². The topological polar surface area (TPSA) is 211 Å². The first-order chi connectivity index (χ1) is 20.3. The third-order valence-electron chi connectivity index (χ3n) is 6.80. The Bertz CT molecular complexity index is 1600. The van der Waals surface area contributed by atoms with Crippen molar-refractivity contribution in [1.29, 1.82) is 0 Å². The number of esters is 1. The minimum atomic E-state index is -1.09. The van der Waals surface area contributed by atoms with Gasteiger partial charge in [-0.3, -0.25) is 19.1 Å².